The molecule has 1 unspecified atom stereocenters. The van der Waals surface area contributed by atoms with Gasteiger partial charge in [-0.3, -0.25) is 0 Å². The van der Waals surface area contributed by atoms with Gasteiger partial charge in [-0.05, 0) is 30.5 Å². The van der Waals surface area contributed by atoms with Crippen LogP contribution in [0.2, 0.25) is 0 Å². The Kier molecular flexibility index (Phi) is 5.29. The first-order valence-electron chi connectivity index (χ1n) is 6.20. The third-order valence-corrected chi connectivity index (χ3v) is 4.66. The van der Waals surface area contributed by atoms with Gasteiger partial charge in [-0.15, -0.1) is 23.1 Å². The number of benzene rings is 1. The molecule has 0 saturated heterocycles. The van der Waals surface area contributed by atoms with Crippen LogP contribution in [0.1, 0.15) is 17.4 Å². The average molecular weight is 277 g/mol. The molecule has 1 N–H and O–H groups in total. The van der Waals surface area contributed by atoms with Gasteiger partial charge in [0, 0.05) is 28.1 Å². The smallest absolute Gasteiger partial charge is 0.0300 e. The number of hydrogen-bond acceptors (Lipinski definition) is 3. The maximum Gasteiger partial charge on any atom is 0.0300 e. The van der Waals surface area contributed by atoms with E-state index in [1.54, 1.807) is 0 Å². The van der Waals surface area contributed by atoms with E-state index in [-0.39, 0.29) is 0 Å². The van der Waals surface area contributed by atoms with Crippen molar-refractivity contribution < 1.29 is 0 Å². The number of thioether (sulfide) groups is 1. The molecule has 1 heterocycles. The molecule has 1 aromatic carbocycles. The molecule has 0 spiro atoms. The van der Waals surface area contributed by atoms with Gasteiger partial charge in [-0.25, -0.2) is 0 Å². The highest BCUT2D eigenvalue weighted by Crippen LogP contribution is 2.23. The molecule has 1 aromatic heterocycles. The summed E-state index contributed by atoms with van der Waals surface area (Å²) in [6.07, 6.45) is 0. The first-order valence-corrected chi connectivity index (χ1v) is 7.96. The van der Waals surface area contributed by atoms with Crippen LogP contribution in [0, 0.1) is 6.92 Å². The van der Waals surface area contributed by atoms with Crippen molar-refractivity contribution in [1.29, 1.82) is 0 Å². The lowest BCUT2D eigenvalue weighted by molar-refractivity contribution is 0.690. The molecule has 3 heteroatoms. The summed E-state index contributed by atoms with van der Waals surface area (Å²) < 4.78 is 0. The molecule has 2 rings (SSSR count). The number of nitrogens with one attached hydrogen (secondary N) is 1. The van der Waals surface area contributed by atoms with Crippen molar-refractivity contribution in [3.8, 4) is 0 Å². The summed E-state index contributed by atoms with van der Waals surface area (Å²) in [6.45, 7) is 6.42. The molecule has 18 heavy (non-hydrogen) atoms. The molecule has 2 aromatic rings. The maximum atomic E-state index is 3.51. The van der Waals surface area contributed by atoms with Gasteiger partial charge in [0.2, 0.25) is 0 Å². The van der Waals surface area contributed by atoms with Crippen LogP contribution in [0.3, 0.4) is 0 Å². The van der Waals surface area contributed by atoms with Crippen LogP contribution in [0.25, 0.3) is 0 Å². The standard InChI is InChI=1S/C15H19NS2/c1-12-5-7-14(8-6-12)18-13(2)10-16-11-15-4-3-9-17-15/h3-9,13,16H,10-11H2,1-2H3. The molecule has 1 atom stereocenters. The maximum absolute atomic E-state index is 3.51. The highest BCUT2D eigenvalue weighted by atomic mass is 32.2. The summed E-state index contributed by atoms with van der Waals surface area (Å²) >= 11 is 3.74. The number of rotatable bonds is 6. The van der Waals surface area contributed by atoms with Gasteiger partial charge in [-0.2, -0.15) is 0 Å². The second-order valence-electron chi connectivity index (χ2n) is 4.45. The number of thiophene rings is 1. The lowest BCUT2D eigenvalue weighted by Gasteiger charge is -2.12. The van der Waals surface area contributed by atoms with E-state index in [0.717, 1.165) is 13.1 Å². The third-order valence-electron chi connectivity index (χ3n) is 2.67. The molecule has 0 bridgehead atoms. The third kappa shape index (κ3) is 4.48. The van der Waals surface area contributed by atoms with E-state index < -0.39 is 0 Å². The molecule has 0 saturated carbocycles. The lowest BCUT2D eigenvalue weighted by atomic mass is 10.2. The molecule has 0 aliphatic carbocycles. The average Bonchev–Trinajstić information content (AvgIpc) is 2.85. The minimum atomic E-state index is 0.590. The van der Waals surface area contributed by atoms with Crippen molar-refractivity contribution in [1.82, 2.24) is 5.32 Å². The Balaban J connectivity index is 1.71. The molecular formula is C15H19NS2. The van der Waals surface area contributed by atoms with Gasteiger partial charge in [0.25, 0.3) is 0 Å². The van der Waals surface area contributed by atoms with E-state index >= 15 is 0 Å². The Morgan fingerprint density at radius 3 is 2.67 bits per heavy atom. The quantitative estimate of drug-likeness (QED) is 0.789. The van der Waals surface area contributed by atoms with Gasteiger partial charge in [0.05, 0.1) is 0 Å². The molecule has 0 aliphatic heterocycles. The van der Waals surface area contributed by atoms with Crippen molar-refractivity contribution in [3.05, 3.63) is 52.2 Å². The predicted octanol–water partition coefficient (Wildman–Crippen LogP) is 4.33. The SMILES string of the molecule is Cc1ccc(SC(C)CNCc2cccs2)cc1. The highest BCUT2D eigenvalue weighted by molar-refractivity contribution is 8.00. The van der Waals surface area contributed by atoms with Gasteiger partial charge in [-0.1, -0.05) is 30.7 Å². The number of hydrogen-bond donors (Lipinski definition) is 1. The zero-order valence-electron chi connectivity index (χ0n) is 10.8. The summed E-state index contributed by atoms with van der Waals surface area (Å²) in [4.78, 5) is 2.76. The monoisotopic (exact) mass is 277 g/mol. The first kappa shape index (κ1) is 13.7. The van der Waals surface area contributed by atoms with Crippen molar-refractivity contribution in [2.75, 3.05) is 6.54 Å². The molecule has 96 valence electrons. The minimum Gasteiger partial charge on any atom is -0.311 e. The number of aryl methyl sites for hydroxylation is 1. The van der Waals surface area contributed by atoms with Crippen molar-refractivity contribution in [2.24, 2.45) is 0 Å². The Morgan fingerprint density at radius 1 is 1.22 bits per heavy atom. The van der Waals surface area contributed by atoms with Crippen LogP contribution in [-0.2, 0) is 6.54 Å². The van der Waals surface area contributed by atoms with Crippen LogP contribution in [0.15, 0.2) is 46.7 Å². The fourth-order valence-electron chi connectivity index (χ4n) is 1.70. The lowest BCUT2D eigenvalue weighted by Crippen LogP contribution is -2.21. The molecule has 0 radical (unpaired) electrons. The fraction of sp³-hybridized carbons (Fsp3) is 0.333. The van der Waals surface area contributed by atoms with Crippen molar-refractivity contribution >= 4 is 23.1 Å². The molecular weight excluding hydrogens is 258 g/mol. The summed E-state index contributed by atoms with van der Waals surface area (Å²) in [6, 6.07) is 13.0. The van der Waals surface area contributed by atoms with Gasteiger partial charge < -0.3 is 5.32 Å². The van der Waals surface area contributed by atoms with E-state index in [1.165, 1.54) is 15.3 Å². The normalized spacial score (nSPS) is 12.6. The summed E-state index contributed by atoms with van der Waals surface area (Å²) in [5.41, 5.74) is 1.32. The fourth-order valence-corrected chi connectivity index (χ4v) is 3.34. The zero-order valence-corrected chi connectivity index (χ0v) is 12.5. The Hall–Kier alpha value is -0.770. The molecule has 0 aliphatic rings. The van der Waals surface area contributed by atoms with Crippen molar-refractivity contribution in [3.63, 3.8) is 0 Å². The highest BCUT2D eigenvalue weighted by Gasteiger charge is 2.04. The van der Waals surface area contributed by atoms with Crippen LogP contribution < -0.4 is 5.32 Å². The Labute approximate surface area is 118 Å². The minimum absolute atomic E-state index is 0.590. The molecule has 1 nitrogen and oxygen atoms in total. The van der Waals surface area contributed by atoms with Crippen LogP contribution in [-0.4, -0.2) is 11.8 Å². The van der Waals surface area contributed by atoms with E-state index in [1.807, 2.05) is 23.1 Å². The Bertz CT molecular complexity index is 448. The van der Waals surface area contributed by atoms with Crippen LogP contribution >= 0.6 is 23.1 Å². The van der Waals surface area contributed by atoms with Crippen LogP contribution in [0.5, 0.6) is 0 Å². The topological polar surface area (TPSA) is 12.0 Å². The van der Waals surface area contributed by atoms with Gasteiger partial charge in [0.1, 0.15) is 0 Å². The largest absolute Gasteiger partial charge is 0.311 e. The second-order valence-corrected chi connectivity index (χ2v) is 7.00. The van der Waals surface area contributed by atoms with Crippen molar-refractivity contribution in [2.45, 2.75) is 30.5 Å². The van der Waals surface area contributed by atoms with E-state index in [4.69, 9.17) is 0 Å². The first-order chi connectivity index (χ1) is 8.74. The van der Waals surface area contributed by atoms with E-state index in [2.05, 4.69) is 60.9 Å². The predicted molar refractivity (Wildman–Crippen MR) is 82.5 cm³/mol. The van der Waals surface area contributed by atoms with E-state index in [9.17, 15) is 0 Å². The summed E-state index contributed by atoms with van der Waals surface area (Å²) in [5.74, 6) is 0. The summed E-state index contributed by atoms with van der Waals surface area (Å²) in [7, 11) is 0. The summed E-state index contributed by atoms with van der Waals surface area (Å²) in [5, 5.41) is 6.23. The van der Waals surface area contributed by atoms with Gasteiger partial charge in [0.15, 0.2) is 0 Å². The zero-order chi connectivity index (χ0) is 12.8. The van der Waals surface area contributed by atoms with Crippen LogP contribution in [0.4, 0.5) is 0 Å². The van der Waals surface area contributed by atoms with Gasteiger partial charge >= 0.3 is 0 Å². The second kappa shape index (κ2) is 6.98. The Morgan fingerprint density at radius 2 is 2.00 bits per heavy atom. The van der Waals surface area contributed by atoms with E-state index in [0.29, 0.717) is 5.25 Å². The molecule has 0 fully saturated rings. The molecule has 0 amide bonds.